The third-order valence-corrected chi connectivity index (χ3v) is 4.55. The number of rotatable bonds is 4. The van der Waals surface area contributed by atoms with Gasteiger partial charge in [0.2, 0.25) is 0 Å². The number of carbonyl (C=O) groups excluding carboxylic acids is 1. The summed E-state index contributed by atoms with van der Waals surface area (Å²) in [5.74, 6) is 0.144. The highest BCUT2D eigenvalue weighted by atomic mass is 35.5. The number of nitrogens with two attached hydrogens (primary N) is 1. The Bertz CT molecular complexity index is 313. The number of hydrogen-bond acceptors (Lipinski definition) is 4. The van der Waals surface area contributed by atoms with Gasteiger partial charge in [-0.2, -0.15) is 0 Å². The van der Waals surface area contributed by atoms with E-state index >= 15 is 0 Å². The van der Waals surface area contributed by atoms with Gasteiger partial charge in [-0.05, 0) is 32.2 Å². The minimum Gasteiger partial charge on any atom is -0.364 e. The zero-order valence-electron chi connectivity index (χ0n) is 13.0. The van der Waals surface area contributed by atoms with Crippen LogP contribution in [0.2, 0.25) is 0 Å². The fourth-order valence-electron chi connectivity index (χ4n) is 3.09. The van der Waals surface area contributed by atoms with E-state index in [0.29, 0.717) is 12.6 Å². The van der Waals surface area contributed by atoms with Crippen molar-refractivity contribution in [3.8, 4) is 0 Å². The molecule has 0 saturated carbocycles. The molecule has 0 unspecified atom stereocenters. The van der Waals surface area contributed by atoms with E-state index in [1.54, 1.807) is 0 Å². The number of likely N-dealkylation sites (tertiary alicyclic amines) is 1. The van der Waals surface area contributed by atoms with Crippen molar-refractivity contribution >= 4 is 30.7 Å². The number of ether oxygens (including phenoxy) is 1. The van der Waals surface area contributed by atoms with Crippen LogP contribution in [0.1, 0.15) is 32.6 Å². The van der Waals surface area contributed by atoms with E-state index < -0.39 is 0 Å². The lowest BCUT2D eigenvalue weighted by Gasteiger charge is -2.37. The number of nitrogens with zero attached hydrogens (tertiary/aromatic N) is 2. The SMILES string of the molecule is CCN1CCC(N(C)C(=O)[C@@H]2CC[C@H](CN)O2)CC1.Cl.Cl. The number of carbonyl (C=O) groups is 1. The first-order valence-corrected chi connectivity index (χ1v) is 7.50. The largest absolute Gasteiger partial charge is 0.364 e. The lowest BCUT2D eigenvalue weighted by Crippen LogP contribution is -2.48. The van der Waals surface area contributed by atoms with Crippen LogP contribution >= 0.6 is 24.8 Å². The van der Waals surface area contributed by atoms with Crippen LogP contribution in [0.25, 0.3) is 0 Å². The molecular weight excluding hydrogens is 313 g/mol. The molecule has 126 valence electrons. The average Bonchev–Trinajstić information content (AvgIpc) is 2.94. The molecule has 2 saturated heterocycles. The summed E-state index contributed by atoms with van der Waals surface area (Å²) < 4.78 is 5.70. The van der Waals surface area contributed by atoms with Crippen LogP contribution in [0.5, 0.6) is 0 Å². The van der Waals surface area contributed by atoms with Crippen molar-refractivity contribution in [2.75, 3.05) is 33.2 Å². The molecule has 0 aliphatic carbocycles. The molecule has 0 bridgehead atoms. The van der Waals surface area contributed by atoms with Crippen molar-refractivity contribution in [3.05, 3.63) is 0 Å². The normalized spacial score (nSPS) is 26.8. The molecule has 2 N–H and O–H groups in total. The highest BCUT2D eigenvalue weighted by molar-refractivity contribution is 5.85. The molecule has 2 rings (SSSR count). The molecular formula is C14H29Cl2N3O2. The van der Waals surface area contributed by atoms with Gasteiger partial charge in [-0.3, -0.25) is 4.79 Å². The summed E-state index contributed by atoms with van der Waals surface area (Å²) in [6, 6.07) is 0.371. The first kappa shape index (κ1) is 20.9. The predicted octanol–water partition coefficient (Wildman–Crippen LogP) is 1.28. The van der Waals surface area contributed by atoms with Crippen LogP contribution < -0.4 is 5.73 Å². The minimum atomic E-state index is -0.261. The third-order valence-electron chi connectivity index (χ3n) is 4.55. The Hall–Kier alpha value is -0.0700. The zero-order valence-corrected chi connectivity index (χ0v) is 14.6. The highest BCUT2D eigenvalue weighted by Crippen LogP contribution is 2.23. The lowest BCUT2D eigenvalue weighted by atomic mass is 10.0. The molecule has 7 heteroatoms. The Kier molecular flexibility index (Phi) is 9.81. The van der Waals surface area contributed by atoms with Gasteiger partial charge in [-0.15, -0.1) is 24.8 Å². The van der Waals surface area contributed by atoms with Crippen LogP contribution in [0.15, 0.2) is 0 Å². The second-order valence-electron chi connectivity index (χ2n) is 5.67. The van der Waals surface area contributed by atoms with E-state index in [4.69, 9.17) is 10.5 Å². The van der Waals surface area contributed by atoms with E-state index in [1.807, 2.05) is 11.9 Å². The molecule has 2 fully saturated rings. The third kappa shape index (κ3) is 5.25. The van der Waals surface area contributed by atoms with Crippen LogP contribution in [0.3, 0.4) is 0 Å². The minimum absolute atomic E-state index is 0. The lowest BCUT2D eigenvalue weighted by molar-refractivity contribution is -0.144. The maximum atomic E-state index is 12.4. The molecule has 0 aromatic heterocycles. The Morgan fingerprint density at radius 1 is 1.24 bits per heavy atom. The van der Waals surface area contributed by atoms with Gasteiger partial charge in [-0.1, -0.05) is 6.92 Å². The number of amides is 1. The Morgan fingerprint density at radius 3 is 2.33 bits per heavy atom. The first-order valence-electron chi connectivity index (χ1n) is 7.50. The molecule has 2 atom stereocenters. The van der Waals surface area contributed by atoms with Gasteiger partial charge in [-0.25, -0.2) is 0 Å². The number of halogens is 2. The van der Waals surface area contributed by atoms with Gasteiger partial charge >= 0.3 is 0 Å². The molecule has 0 aromatic rings. The van der Waals surface area contributed by atoms with E-state index in [-0.39, 0.29) is 42.9 Å². The molecule has 5 nitrogen and oxygen atoms in total. The topological polar surface area (TPSA) is 58.8 Å². The monoisotopic (exact) mass is 341 g/mol. The summed E-state index contributed by atoms with van der Waals surface area (Å²) in [7, 11) is 1.92. The Balaban J connectivity index is 0.00000200. The summed E-state index contributed by atoms with van der Waals surface area (Å²) in [4.78, 5) is 16.8. The highest BCUT2D eigenvalue weighted by Gasteiger charge is 2.34. The summed E-state index contributed by atoms with van der Waals surface area (Å²) in [5, 5.41) is 0. The van der Waals surface area contributed by atoms with Crippen molar-refractivity contribution in [3.63, 3.8) is 0 Å². The molecule has 0 radical (unpaired) electrons. The quantitative estimate of drug-likeness (QED) is 0.836. The number of hydrogen-bond donors (Lipinski definition) is 1. The zero-order chi connectivity index (χ0) is 13.8. The van der Waals surface area contributed by atoms with Crippen molar-refractivity contribution in [1.29, 1.82) is 0 Å². The second-order valence-corrected chi connectivity index (χ2v) is 5.67. The van der Waals surface area contributed by atoms with Gasteiger partial charge in [0.1, 0.15) is 6.10 Å². The molecule has 0 spiro atoms. The van der Waals surface area contributed by atoms with E-state index in [2.05, 4.69) is 11.8 Å². The van der Waals surface area contributed by atoms with E-state index in [0.717, 1.165) is 45.3 Å². The predicted molar refractivity (Wildman–Crippen MR) is 89.4 cm³/mol. The maximum absolute atomic E-state index is 12.4. The van der Waals surface area contributed by atoms with E-state index in [1.165, 1.54) is 0 Å². The number of likely N-dealkylation sites (N-methyl/N-ethyl adjacent to an activating group) is 1. The van der Waals surface area contributed by atoms with Gasteiger partial charge < -0.3 is 20.3 Å². The molecule has 2 aliphatic heterocycles. The van der Waals surface area contributed by atoms with Crippen molar-refractivity contribution in [2.45, 2.75) is 50.9 Å². The van der Waals surface area contributed by atoms with Gasteiger partial charge in [0.15, 0.2) is 0 Å². The van der Waals surface area contributed by atoms with Crippen molar-refractivity contribution in [2.24, 2.45) is 5.73 Å². The fraction of sp³-hybridized carbons (Fsp3) is 0.929. The van der Waals surface area contributed by atoms with E-state index in [9.17, 15) is 4.79 Å². The summed E-state index contributed by atoms with van der Waals surface area (Å²) in [5.41, 5.74) is 5.59. The average molecular weight is 342 g/mol. The van der Waals surface area contributed by atoms with Crippen molar-refractivity contribution in [1.82, 2.24) is 9.80 Å². The summed E-state index contributed by atoms with van der Waals surface area (Å²) >= 11 is 0. The molecule has 2 heterocycles. The Morgan fingerprint density at radius 2 is 1.86 bits per heavy atom. The maximum Gasteiger partial charge on any atom is 0.251 e. The summed E-state index contributed by atoms with van der Waals surface area (Å²) in [6.45, 7) is 6.00. The molecule has 21 heavy (non-hydrogen) atoms. The molecule has 0 aromatic carbocycles. The van der Waals surface area contributed by atoms with Gasteiger partial charge in [0.25, 0.3) is 5.91 Å². The van der Waals surface area contributed by atoms with Gasteiger partial charge in [0.05, 0.1) is 6.10 Å². The van der Waals surface area contributed by atoms with Crippen LogP contribution in [-0.4, -0.2) is 67.2 Å². The second kappa shape index (κ2) is 9.85. The van der Waals surface area contributed by atoms with Crippen molar-refractivity contribution < 1.29 is 9.53 Å². The molecule has 1 amide bonds. The standard InChI is InChI=1S/C14H27N3O2.2ClH/c1-3-17-8-6-11(7-9-17)16(2)14(18)13-5-4-12(10-15)19-13;;/h11-13H,3-10,15H2,1-2H3;2*1H/t12-,13+;;/m1../s1. The summed E-state index contributed by atoms with van der Waals surface area (Å²) in [6.07, 6.45) is 3.69. The van der Waals surface area contributed by atoms with Crippen LogP contribution in [0, 0.1) is 0 Å². The first-order chi connectivity index (χ1) is 9.15. The van der Waals surface area contributed by atoms with Gasteiger partial charge in [0, 0.05) is 32.7 Å². The number of piperidine rings is 1. The van der Waals surface area contributed by atoms with Crippen LogP contribution in [0.4, 0.5) is 0 Å². The van der Waals surface area contributed by atoms with Crippen LogP contribution in [-0.2, 0) is 9.53 Å². The Labute approximate surface area is 140 Å². The molecule has 2 aliphatic rings. The fourth-order valence-corrected chi connectivity index (χ4v) is 3.09. The smallest absolute Gasteiger partial charge is 0.251 e.